The van der Waals surface area contributed by atoms with Gasteiger partial charge in [-0.3, -0.25) is 19.2 Å². The third-order valence-corrected chi connectivity index (χ3v) is 6.92. The van der Waals surface area contributed by atoms with Gasteiger partial charge in [-0.15, -0.1) is 0 Å². The van der Waals surface area contributed by atoms with Crippen molar-refractivity contribution in [3.63, 3.8) is 0 Å². The monoisotopic (exact) mass is 596 g/mol. The first-order chi connectivity index (χ1) is 21.3. The van der Waals surface area contributed by atoms with E-state index in [1.165, 1.54) is 52.7 Å². The van der Waals surface area contributed by atoms with Gasteiger partial charge >= 0.3 is 0 Å². The van der Waals surface area contributed by atoms with Gasteiger partial charge in [0.25, 0.3) is 23.6 Å². The molecule has 0 spiro atoms. The highest BCUT2D eigenvalue weighted by Gasteiger charge is 2.27. The lowest BCUT2D eigenvalue weighted by Gasteiger charge is -2.21. The van der Waals surface area contributed by atoms with Crippen molar-refractivity contribution in [3.05, 3.63) is 95.1 Å². The summed E-state index contributed by atoms with van der Waals surface area (Å²) in [6.07, 6.45) is 0. The average Bonchev–Trinajstić information content (AvgIpc) is 3.04. The predicted molar refractivity (Wildman–Crippen MR) is 164 cm³/mol. The van der Waals surface area contributed by atoms with E-state index in [4.69, 9.17) is 18.9 Å². The second kappa shape index (κ2) is 12.4. The number of amides is 4. The van der Waals surface area contributed by atoms with Crippen LogP contribution in [0.15, 0.2) is 72.8 Å². The van der Waals surface area contributed by atoms with Gasteiger partial charge in [0.1, 0.15) is 23.0 Å². The fraction of sp³-hybridized carbons (Fsp3) is 0.125. The molecule has 0 aromatic heterocycles. The number of ether oxygens (including phenoxy) is 4. The number of hydrogen-bond acceptors (Lipinski definition) is 8. The molecule has 0 aliphatic carbocycles. The molecule has 4 amide bonds. The highest BCUT2D eigenvalue weighted by molar-refractivity contribution is 6.21. The first-order valence-electron chi connectivity index (χ1n) is 13.2. The highest BCUT2D eigenvalue weighted by atomic mass is 16.5. The van der Waals surface area contributed by atoms with E-state index in [-0.39, 0.29) is 68.0 Å². The van der Waals surface area contributed by atoms with Crippen molar-refractivity contribution in [3.8, 4) is 23.0 Å². The molecular formula is C32H28N4O8. The van der Waals surface area contributed by atoms with Crippen LogP contribution < -0.4 is 40.2 Å². The Labute approximate surface area is 252 Å². The maximum atomic E-state index is 13.8. The van der Waals surface area contributed by atoms with Gasteiger partial charge in [0.2, 0.25) is 0 Å². The molecule has 0 saturated carbocycles. The minimum atomic E-state index is -0.665. The Balaban J connectivity index is 1.77. The number of para-hydroxylation sites is 4. The number of methoxy groups -OCH3 is 4. The van der Waals surface area contributed by atoms with E-state index >= 15 is 0 Å². The zero-order chi connectivity index (χ0) is 31.4. The molecule has 1 aliphatic rings. The van der Waals surface area contributed by atoms with Crippen LogP contribution in [0.5, 0.6) is 23.0 Å². The lowest BCUT2D eigenvalue weighted by Crippen LogP contribution is -2.24. The zero-order valence-corrected chi connectivity index (χ0v) is 24.2. The van der Waals surface area contributed by atoms with Gasteiger partial charge in [-0.1, -0.05) is 24.3 Å². The van der Waals surface area contributed by atoms with Crippen molar-refractivity contribution >= 4 is 46.4 Å². The summed E-state index contributed by atoms with van der Waals surface area (Å²) in [6, 6.07) is 18.6. The summed E-state index contributed by atoms with van der Waals surface area (Å²) in [5.41, 5.74) is 0.345. The maximum absolute atomic E-state index is 13.8. The fourth-order valence-electron chi connectivity index (χ4n) is 4.80. The summed E-state index contributed by atoms with van der Waals surface area (Å²) >= 11 is 0. The molecule has 4 N–H and O–H groups in total. The molecule has 1 heterocycles. The molecule has 1 aliphatic heterocycles. The van der Waals surface area contributed by atoms with Gasteiger partial charge in [-0.25, -0.2) is 0 Å². The number of hydrogen-bond donors (Lipinski definition) is 4. The molecule has 12 nitrogen and oxygen atoms in total. The van der Waals surface area contributed by atoms with Crippen LogP contribution in [0.2, 0.25) is 0 Å². The molecule has 0 saturated heterocycles. The lowest BCUT2D eigenvalue weighted by molar-refractivity contribution is 0.101. The normalized spacial score (nSPS) is 13.0. The SMILES string of the molecule is COc1cccc2c1NC(=O)c1cccc(OC)c1NC(=O)c1cccc(OC)c1NC(=O)c1cccc(OC)c1NC2=O. The van der Waals surface area contributed by atoms with Gasteiger partial charge in [-0.05, 0) is 48.5 Å². The second-order valence-electron chi connectivity index (χ2n) is 9.35. The van der Waals surface area contributed by atoms with Crippen LogP contribution in [-0.4, -0.2) is 52.1 Å². The Morgan fingerprint density at radius 2 is 0.568 bits per heavy atom. The predicted octanol–water partition coefficient (Wildman–Crippen LogP) is 5.04. The molecule has 44 heavy (non-hydrogen) atoms. The third kappa shape index (κ3) is 5.43. The van der Waals surface area contributed by atoms with Crippen LogP contribution in [0.4, 0.5) is 22.7 Å². The summed E-state index contributed by atoms with van der Waals surface area (Å²) in [7, 11) is 5.57. The van der Waals surface area contributed by atoms with Crippen LogP contribution in [-0.2, 0) is 0 Å². The van der Waals surface area contributed by atoms with Crippen molar-refractivity contribution < 1.29 is 38.1 Å². The van der Waals surface area contributed by atoms with E-state index in [1.54, 1.807) is 48.5 Å². The summed E-state index contributed by atoms with van der Waals surface area (Å²) in [5, 5.41) is 11.0. The van der Waals surface area contributed by atoms with Crippen LogP contribution in [0, 0.1) is 0 Å². The molecule has 0 atom stereocenters. The Kier molecular flexibility index (Phi) is 8.33. The van der Waals surface area contributed by atoms with E-state index in [1.807, 2.05) is 0 Å². The molecule has 4 aromatic carbocycles. The summed E-state index contributed by atoms with van der Waals surface area (Å²) in [5.74, 6) is -1.88. The zero-order valence-electron chi connectivity index (χ0n) is 24.2. The molecule has 4 aromatic rings. The van der Waals surface area contributed by atoms with E-state index in [9.17, 15) is 19.2 Å². The molecule has 5 rings (SSSR count). The molecule has 0 bridgehead atoms. The van der Waals surface area contributed by atoms with Crippen molar-refractivity contribution in [2.75, 3.05) is 49.7 Å². The Hall–Kier alpha value is -6.04. The summed E-state index contributed by atoms with van der Waals surface area (Å²) < 4.78 is 21.9. The Bertz CT molecular complexity index is 1540. The van der Waals surface area contributed by atoms with Gasteiger partial charge in [0.15, 0.2) is 0 Å². The van der Waals surface area contributed by atoms with E-state index in [0.717, 1.165) is 0 Å². The van der Waals surface area contributed by atoms with Crippen molar-refractivity contribution in [1.82, 2.24) is 0 Å². The minimum Gasteiger partial charge on any atom is -0.495 e. The molecule has 0 unspecified atom stereocenters. The number of carbonyl (C=O) groups is 4. The number of rotatable bonds is 4. The van der Waals surface area contributed by atoms with Crippen molar-refractivity contribution in [2.24, 2.45) is 0 Å². The van der Waals surface area contributed by atoms with E-state index < -0.39 is 23.6 Å². The summed E-state index contributed by atoms with van der Waals surface area (Å²) in [4.78, 5) is 55.2. The Morgan fingerprint density at radius 1 is 0.364 bits per heavy atom. The standard InChI is InChI=1S/C32H28N4O8/c1-41-21-13-5-9-17-25(21)33-30(38)18-10-6-14-22(42-2)26(18)35-32(40)20-12-8-16-24(44-4)28(20)36-31(39)19-11-7-15-23(43-3)27(19)34-29(17)37/h5-16H,1-4H3,(H,33,38)(H,34,37)(H,35,40)(H,36,39). The van der Waals surface area contributed by atoms with E-state index in [2.05, 4.69) is 21.3 Å². The first kappa shape index (κ1) is 29.5. The second-order valence-corrected chi connectivity index (χ2v) is 9.35. The fourth-order valence-corrected chi connectivity index (χ4v) is 4.80. The number of anilines is 4. The highest BCUT2D eigenvalue weighted by Crippen LogP contribution is 2.37. The minimum absolute atomic E-state index is 0.0301. The lowest BCUT2D eigenvalue weighted by atomic mass is 10.1. The van der Waals surface area contributed by atoms with Crippen molar-refractivity contribution in [2.45, 2.75) is 0 Å². The van der Waals surface area contributed by atoms with Crippen LogP contribution in [0.25, 0.3) is 0 Å². The molecule has 224 valence electrons. The van der Waals surface area contributed by atoms with Crippen molar-refractivity contribution in [1.29, 1.82) is 0 Å². The molecule has 0 radical (unpaired) electrons. The third-order valence-electron chi connectivity index (χ3n) is 6.92. The average molecular weight is 597 g/mol. The molecular weight excluding hydrogens is 568 g/mol. The number of carbonyl (C=O) groups excluding carboxylic acids is 4. The van der Waals surface area contributed by atoms with Crippen LogP contribution in [0.1, 0.15) is 41.4 Å². The van der Waals surface area contributed by atoms with Gasteiger partial charge in [-0.2, -0.15) is 0 Å². The first-order valence-corrected chi connectivity index (χ1v) is 13.2. The van der Waals surface area contributed by atoms with E-state index in [0.29, 0.717) is 0 Å². The van der Waals surface area contributed by atoms with Gasteiger partial charge in [0, 0.05) is 0 Å². The van der Waals surface area contributed by atoms with Crippen LogP contribution in [0.3, 0.4) is 0 Å². The smallest absolute Gasteiger partial charge is 0.258 e. The summed E-state index contributed by atoms with van der Waals surface area (Å²) in [6.45, 7) is 0. The number of benzene rings is 4. The Morgan fingerprint density at radius 3 is 0.750 bits per heavy atom. The topological polar surface area (TPSA) is 153 Å². The molecule has 0 fully saturated rings. The van der Waals surface area contributed by atoms with Gasteiger partial charge < -0.3 is 40.2 Å². The number of nitrogens with one attached hydrogen (secondary N) is 4. The number of fused-ring (bicyclic) bond motifs is 4. The largest absolute Gasteiger partial charge is 0.495 e. The maximum Gasteiger partial charge on any atom is 0.258 e. The molecule has 12 heteroatoms. The van der Waals surface area contributed by atoms with Gasteiger partial charge in [0.05, 0.1) is 73.4 Å². The quantitative estimate of drug-likeness (QED) is 0.256. The van der Waals surface area contributed by atoms with Crippen LogP contribution >= 0.6 is 0 Å².